The fourth-order valence-electron chi connectivity index (χ4n) is 10.7. The molecule has 0 amide bonds. The van der Waals surface area contributed by atoms with E-state index in [0.717, 1.165) is 121 Å². The lowest BCUT2D eigenvalue weighted by atomic mass is 10.00. The molecule has 3 N–H and O–H groups in total. The third-order valence-corrected chi connectivity index (χ3v) is 18.8. The molecular weight excluding hydrogens is 1220 g/mol. The fourth-order valence-corrected chi connectivity index (χ4v) is 12.3. The van der Waals surface area contributed by atoms with Crippen molar-refractivity contribution in [3.8, 4) is 0 Å². The Morgan fingerprint density at radius 3 is 0.968 bits per heavy atom. The van der Waals surface area contributed by atoms with Crippen LogP contribution in [0.25, 0.3) is 0 Å². The maximum atomic E-state index is 13.1. The number of phosphoric ester groups is 2. The Morgan fingerprint density at radius 1 is 0.355 bits per heavy atom. The smallest absolute Gasteiger partial charge is 0.462 e. The Bertz CT molecular complexity index is 1900. The van der Waals surface area contributed by atoms with Crippen LogP contribution in [0, 0.1) is 11.8 Å². The average molecular weight is 1360 g/mol. The summed E-state index contributed by atoms with van der Waals surface area (Å²) in [7, 11) is -9.92. The lowest BCUT2D eigenvalue weighted by molar-refractivity contribution is -0.161. The molecule has 0 saturated carbocycles. The number of carbonyl (C=O) groups excluding carboxylic acids is 4. The van der Waals surface area contributed by atoms with Gasteiger partial charge in [0.2, 0.25) is 0 Å². The quantitative estimate of drug-likeness (QED) is 0.0169. The molecular formula is C74H140O17P2. The second-order valence-corrected chi connectivity index (χ2v) is 29.6. The van der Waals surface area contributed by atoms with Gasteiger partial charge in [-0.25, -0.2) is 9.13 Å². The zero-order chi connectivity index (χ0) is 68.6. The number of aliphatic hydroxyl groups is 1. The summed E-state index contributed by atoms with van der Waals surface area (Å²) in [5.41, 5.74) is 0. The molecule has 0 fully saturated rings. The Kier molecular flexibility index (Phi) is 63.7. The van der Waals surface area contributed by atoms with Crippen molar-refractivity contribution in [2.45, 2.75) is 374 Å². The van der Waals surface area contributed by atoms with Gasteiger partial charge in [0.15, 0.2) is 12.2 Å². The Balaban J connectivity index is 5.26. The molecule has 0 spiro atoms. The summed E-state index contributed by atoms with van der Waals surface area (Å²) in [5, 5.41) is 10.6. The van der Waals surface area contributed by atoms with Crippen molar-refractivity contribution in [2.75, 3.05) is 39.6 Å². The van der Waals surface area contributed by atoms with E-state index in [1.807, 2.05) is 0 Å². The maximum Gasteiger partial charge on any atom is 0.472 e. The van der Waals surface area contributed by atoms with Crippen LogP contribution in [0.3, 0.4) is 0 Å². The van der Waals surface area contributed by atoms with Crippen molar-refractivity contribution in [1.29, 1.82) is 0 Å². The van der Waals surface area contributed by atoms with Crippen molar-refractivity contribution in [3.63, 3.8) is 0 Å². The molecule has 0 radical (unpaired) electrons. The first-order chi connectivity index (χ1) is 44.9. The molecule has 548 valence electrons. The van der Waals surface area contributed by atoms with E-state index in [2.05, 4.69) is 65.8 Å². The number of unbranched alkanes of at least 4 members (excludes halogenated alkanes) is 37. The summed E-state index contributed by atoms with van der Waals surface area (Å²) in [6.07, 6.45) is 54.9. The highest BCUT2D eigenvalue weighted by molar-refractivity contribution is 7.47. The van der Waals surface area contributed by atoms with Gasteiger partial charge in [-0.3, -0.25) is 37.3 Å². The van der Waals surface area contributed by atoms with Crippen LogP contribution >= 0.6 is 15.6 Å². The summed E-state index contributed by atoms with van der Waals surface area (Å²) in [4.78, 5) is 72.6. The number of ether oxygens (including phenoxy) is 4. The van der Waals surface area contributed by atoms with Crippen LogP contribution in [0.4, 0.5) is 0 Å². The Morgan fingerprint density at radius 2 is 0.634 bits per heavy atom. The number of hydrogen-bond acceptors (Lipinski definition) is 15. The van der Waals surface area contributed by atoms with Crippen LogP contribution in [0.2, 0.25) is 0 Å². The highest BCUT2D eigenvalue weighted by atomic mass is 31.2. The van der Waals surface area contributed by atoms with Crippen LogP contribution in [-0.4, -0.2) is 96.7 Å². The predicted molar refractivity (Wildman–Crippen MR) is 377 cm³/mol. The Hall–Kier alpha value is -2.46. The van der Waals surface area contributed by atoms with Crippen LogP contribution in [0.5, 0.6) is 0 Å². The molecule has 0 aromatic heterocycles. The van der Waals surface area contributed by atoms with E-state index < -0.39 is 97.5 Å². The molecule has 0 rings (SSSR count). The van der Waals surface area contributed by atoms with E-state index in [1.54, 1.807) is 0 Å². The van der Waals surface area contributed by atoms with Gasteiger partial charge < -0.3 is 33.8 Å². The predicted octanol–water partition coefficient (Wildman–Crippen LogP) is 21.1. The standard InChI is InChI=1S/C74H140O17P2/c1-7-10-12-14-16-18-20-21-23-27-30-34-38-45-51-57-72(77)84-62-69(90-73(78)58-52-46-39-35-31-28-25-22-24-26-29-32-36-42-48-54-66(4)5)64-88-92(80,81)86-60-68(75)61-87-93(82,83)89-65-70(91-74(79)59-53-47-41-40-43-49-55-67(6)9-3)63-85-71(76)56-50-44-37-33-19-17-15-13-11-8-2/h18,20-21,23,66-70,75H,7-17,19,22,24-65H2,1-6H3,(H,80,81)(H,82,83)/b20-18-,23-21-/t67?,68-,69-,70-/m1/s1. The lowest BCUT2D eigenvalue weighted by Gasteiger charge is -2.21. The number of allylic oxidation sites excluding steroid dienone is 4. The molecule has 0 aliphatic heterocycles. The summed E-state index contributed by atoms with van der Waals surface area (Å²) < 4.78 is 68.3. The zero-order valence-electron chi connectivity index (χ0n) is 60.0. The van der Waals surface area contributed by atoms with Gasteiger partial charge in [0.05, 0.1) is 26.4 Å². The number of carbonyl (C=O) groups is 4. The number of aliphatic hydroxyl groups excluding tert-OH is 1. The van der Waals surface area contributed by atoms with E-state index in [1.165, 1.54) is 154 Å². The molecule has 0 aliphatic carbocycles. The molecule has 0 heterocycles. The minimum Gasteiger partial charge on any atom is -0.462 e. The number of esters is 4. The molecule has 19 heteroatoms. The molecule has 17 nitrogen and oxygen atoms in total. The largest absolute Gasteiger partial charge is 0.472 e. The van der Waals surface area contributed by atoms with Crippen LogP contribution < -0.4 is 0 Å². The SMILES string of the molecule is CCCCCC/C=C\C=C/CCCCCCCC(=O)OC[C@H](COP(=O)(O)OC[C@@H](O)COP(=O)(O)OC[C@@H](COC(=O)CCCCCCCCCCCC)OC(=O)CCCCCCCCC(C)CC)OC(=O)CCCCCCCCCCCCCCCCCC(C)C. The van der Waals surface area contributed by atoms with Gasteiger partial charge >= 0.3 is 39.5 Å². The lowest BCUT2D eigenvalue weighted by Crippen LogP contribution is -2.30. The summed E-state index contributed by atoms with van der Waals surface area (Å²) in [6.45, 7) is 9.48. The highest BCUT2D eigenvalue weighted by Crippen LogP contribution is 2.45. The van der Waals surface area contributed by atoms with E-state index in [4.69, 9.17) is 37.0 Å². The van der Waals surface area contributed by atoms with E-state index in [9.17, 15) is 43.2 Å². The summed E-state index contributed by atoms with van der Waals surface area (Å²) in [5.74, 6) is -0.633. The molecule has 3 unspecified atom stereocenters. The minimum atomic E-state index is -4.96. The third-order valence-electron chi connectivity index (χ3n) is 16.9. The first kappa shape index (κ1) is 90.5. The van der Waals surface area contributed by atoms with E-state index in [0.29, 0.717) is 25.7 Å². The first-order valence-corrected chi connectivity index (χ1v) is 40.8. The molecule has 0 aromatic carbocycles. The maximum absolute atomic E-state index is 13.1. The van der Waals surface area contributed by atoms with Gasteiger partial charge in [-0.05, 0) is 63.2 Å². The number of phosphoric acid groups is 2. The third kappa shape index (κ3) is 66.6. The van der Waals surface area contributed by atoms with Gasteiger partial charge in [0.1, 0.15) is 19.3 Å². The van der Waals surface area contributed by atoms with Crippen molar-refractivity contribution < 1.29 is 80.2 Å². The second kappa shape index (κ2) is 65.5. The molecule has 93 heavy (non-hydrogen) atoms. The number of rotatable bonds is 71. The fraction of sp³-hybridized carbons (Fsp3) is 0.892. The molecule has 0 bridgehead atoms. The summed E-state index contributed by atoms with van der Waals surface area (Å²) in [6, 6.07) is 0. The van der Waals surface area contributed by atoms with Gasteiger partial charge in [-0.15, -0.1) is 0 Å². The van der Waals surface area contributed by atoms with Crippen LogP contribution in [0.15, 0.2) is 24.3 Å². The van der Waals surface area contributed by atoms with Crippen molar-refractivity contribution in [2.24, 2.45) is 11.8 Å². The van der Waals surface area contributed by atoms with Crippen molar-refractivity contribution in [1.82, 2.24) is 0 Å². The van der Waals surface area contributed by atoms with Crippen molar-refractivity contribution in [3.05, 3.63) is 24.3 Å². The average Bonchev–Trinajstić information content (AvgIpc) is 3.74. The van der Waals surface area contributed by atoms with Gasteiger partial charge in [0.25, 0.3) is 0 Å². The second-order valence-electron chi connectivity index (χ2n) is 26.7. The normalized spacial score (nSPS) is 14.5. The Labute approximate surface area is 567 Å². The molecule has 0 saturated heterocycles. The highest BCUT2D eigenvalue weighted by Gasteiger charge is 2.30. The monoisotopic (exact) mass is 1360 g/mol. The molecule has 0 aliphatic rings. The molecule has 6 atom stereocenters. The van der Waals surface area contributed by atoms with Crippen molar-refractivity contribution >= 4 is 39.5 Å². The summed E-state index contributed by atoms with van der Waals surface area (Å²) >= 11 is 0. The molecule has 0 aromatic rings. The van der Waals surface area contributed by atoms with Gasteiger partial charge in [-0.2, -0.15) is 0 Å². The van der Waals surface area contributed by atoms with Gasteiger partial charge in [0, 0.05) is 25.7 Å². The first-order valence-electron chi connectivity index (χ1n) is 37.8. The minimum absolute atomic E-state index is 0.101. The van der Waals surface area contributed by atoms with Crippen LogP contribution in [-0.2, 0) is 65.4 Å². The van der Waals surface area contributed by atoms with E-state index >= 15 is 0 Å². The number of hydrogen-bond donors (Lipinski definition) is 3. The van der Waals surface area contributed by atoms with Crippen LogP contribution in [0.1, 0.15) is 356 Å². The topological polar surface area (TPSA) is 237 Å². The van der Waals surface area contributed by atoms with Gasteiger partial charge in [-0.1, -0.05) is 303 Å². The van der Waals surface area contributed by atoms with E-state index in [-0.39, 0.29) is 25.7 Å². The zero-order valence-corrected chi connectivity index (χ0v) is 61.8.